The minimum atomic E-state index is -0.609. The third-order valence-corrected chi connectivity index (χ3v) is 4.04. The van der Waals surface area contributed by atoms with E-state index in [1.54, 1.807) is 24.3 Å². The fraction of sp³-hybridized carbons (Fsp3) is 0.100. The summed E-state index contributed by atoms with van der Waals surface area (Å²) in [6.45, 7) is -0.630. The predicted octanol–water partition coefficient (Wildman–Crippen LogP) is 4.16. The first kappa shape index (κ1) is 17.9. The van der Waals surface area contributed by atoms with Crippen molar-refractivity contribution in [3.63, 3.8) is 0 Å². The van der Waals surface area contributed by atoms with E-state index in [-0.39, 0.29) is 13.2 Å². The lowest BCUT2D eigenvalue weighted by molar-refractivity contribution is -0.149. The van der Waals surface area contributed by atoms with Crippen LogP contribution in [-0.4, -0.2) is 25.1 Å². The molecular weight excluding hydrogens is 398 g/mol. The van der Waals surface area contributed by atoms with Gasteiger partial charge in [-0.25, -0.2) is 4.79 Å². The molecule has 1 N–H and O–H groups in total. The number of ether oxygens (including phenoxy) is 2. The van der Waals surface area contributed by atoms with E-state index in [0.717, 1.165) is 15.2 Å². The van der Waals surface area contributed by atoms with Crippen LogP contribution in [0.3, 0.4) is 0 Å². The Balaban J connectivity index is 1.45. The number of fused-ring (bicyclic) bond motifs is 1. The number of hydrogen-bond acceptors (Lipinski definition) is 4. The molecule has 0 spiro atoms. The number of halogens is 1. The van der Waals surface area contributed by atoms with Gasteiger partial charge in [0.05, 0.1) is 0 Å². The summed E-state index contributed by atoms with van der Waals surface area (Å²) in [4.78, 5) is 23.6. The Morgan fingerprint density at radius 2 is 1.69 bits per heavy atom. The maximum absolute atomic E-state index is 11.8. The zero-order valence-electron chi connectivity index (χ0n) is 13.8. The number of rotatable bonds is 6. The Morgan fingerprint density at radius 3 is 2.50 bits per heavy atom. The van der Waals surface area contributed by atoms with Crippen LogP contribution in [0, 0.1) is 0 Å². The Kier molecular flexibility index (Phi) is 5.86. The smallest absolute Gasteiger partial charge is 0.344 e. The van der Waals surface area contributed by atoms with E-state index in [9.17, 15) is 9.59 Å². The summed E-state index contributed by atoms with van der Waals surface area (Å²) < 4.78 is 11.2. The van der Waals surface area contributed by atoms with Gasteiger partial charge in [0.15, 0.2) is 13.2 Å². The molecule has 0 saturated heterocycles. The largest absolute Gasteiger partial charge is 0.482 e. The van der Waals surface area contributed by atoms with Crippen molar-refractivity contribution in [1.82, 2.24) is 0 Å². The molecule has 0 atom stereocenters. The van der Waals surface area contributed by atoms with Gasteiger partial charge in [-0.05, 0) is 41.1 Å². The van der Waals surface area contributed by atoms with Gasteiger partial charge in [-0.15, -0.1) is 0 Å². The highest BCUT2D eigenvalue weighted by molar-refractivity contribution is 9.10. The number of amides is 1. The van der Waals surface area contributed by atoms with E-state index in [1.807, 2.05) is 42.5 Å². The van der Waals surface area contributed by atoms with Gasteiger partial charge in [0, 0.05) is 10.2 Å². The number of anilines is 1. The van der Waals surface area contributed by atoms with Gasteiger partial charge in [-0.1, -0.05) is 52.3 Å². The molecule has 0 aliphatic rings. The standard InChI is InChI=1S/C20H16BrNO4/c21-16-6-3-7-17(11-16)22-19(23)12-26-20(24)13-25-18-9-8-14-4-1-2-5-15(14)10-18/h1-11H,12-13H2,(H,22,23). The van der Waals surface area contributed by atoms with Crippen molar-refractivity contribution in [3.8, 4) is 5.75 Å². The van der Waals surface area contributed by atoms with Crippen molar-refractivity contribution >= 4 is 44.3 Å². The first-order valence-electron chi connectivity index (χ1n) is 7.93. The first-order valence-corrected chi connectivity index (χ1v) is 8.72. The second-order valence-corrected chi connectivity index (χ2v) is 6.43. The Labute approximate surface area is 159 Å². The molecule has 0 fully saturated rings. The van der Waals surface area contributed by atoms with E-state index in [2.05, 4.69) is 21.2 Å². The topological polar surface area (TPSA) is 64.6 Å². The zero-order valence-corrected chi connectivity index (χ0v) is 15.4. The SMILES string of the molecule is O=C(COC(=O)COc1ccc2ccccc2c1)Nc1cccc(Br)c1. The fourth-order valence-corrected chi connectivity index (χ4v) is 2.75. The minimum Gasteiger partial charge on any atom is -0.482 e. The third kappa shape index (κ3) is 5.07. The molecule has 3 rings (SSSR count). The van der Waals surface area contributed by atoms with E-state index < -0.39 is 11.9 Å². The molecule has 0 bridgehead atoms. The summed E-state index contributed by atoms with van der Waals surface area (Å²) in [6, 6.07) is 20.5. The highest BCUT2D eigenvalue weighted by Crippen LogP contribution is 2.20. The molecule has 0 unspecified atom stereocenters. The van der Waals surface area contributed by atoms with Crippen LogP contribution in [0.2, 0.25) is 0 Å². The van der Waals surface area contributed by atoms with Crippen LogP contribution in [0.5, 0.6) is 5.75 Å². The molecule has 0 aliphatic carbocycles. The van der Waals surface area contributed by atoms with Gasteiger partial charge in [0.1, 0.15) is 5.75 Å². The van der Waals surface area contributed by atoms with Crippen molar-refractivity contribution < 1.29 is 19.1 Å². The second kappa shape index (κ2) is 8.49. The van der Waals surface area contributed by atoms with Gasteiger partial charge < -0.3 is 14.8 Å². The van der Waals surface area contributed by atoms with Gasteiger partial charge in [-0.2, -0.15) is 0 Å². The minimum absolute atomic E-state index is 0.261. The zero-order chi connectivity index (χ0) is 18.4. The highest BCUT2D eigenvalue weighted by Gasteiger charge is 2.09. The maximum Gasteiger partial charge on any atom is 0.344 e. The monoisotopic (exact) mass is 413 g/mol. The Hall–Kier alpha value is -2.86. The molecule has 3 aromatic rings. The van der Waals surface area contributed by atoms with Gasteiger partial charge in [0.2, 0.25) is 0 Å². The maximum atomic E-state index is 11.8. The average Bonchev–Trinajstić information content (AvgIpc) is 2.64. The van der Waals surface area contributed by atoms with Crippen LogP contribution in [0.15, 0.2) is 71.2 Å². The van der Waals surface area contributed by atoms with Crippen LogP contribution in [0.1, 0.15) is 0 Å². The molecule has 0 radical (unpaired) electrons. The van der Waals surface area contributed by atoms with Gasteiger partial charge in [0.25, 0.3) is 5.91 Å². The van der Waals surface area contributed by atoms with Gasteiger partial charge in [-0.3, -0.25) is 4.79 Å². The molecule has 3 aromatic carbocycles. The molecule has 5 nitrogen and oxygen atoms in total. The van der Waals surface area contributed by atoms with E-state index >= 15 is 0 Å². The van der Waals surface area contributed by atoms with Crippen LogP contribution in [0.4, 0.5) is 5.69 Å². The molecule has 0 heterocycles. The predicted molar refractivity (Wildman–Crippen MR) is 103 cm³/mol. The molecule has 6 heteroatoms. The highest BCUT2D eigenvalue weighted by atomic mass is 79.9. The number of carbonyl (C=O) groups is 2. The number of benzene rings is 3. The molecule has 0 saturated carbocycles. The quantitative estimate of drug-likeness (QED) is 0.616. The lowest BCUT2D eigenvalue weighted by atomic mass is 10.1. The normalized spacial score (nSPS) is 10.3. The molecular formula is C20H16BrNO4. The van der Waals surface area contributed by atoms with Crippen LogP contribution < -0.4 is 10.1 Å². The lowest BCUT2D eigenvalue weighted by Crippen LogP contribution is -2.23. The molecule has 0 aliphatic heterocycles. The van der Waals surface area contributed by atoms with E-state index in [1.165, 1.54) is 0 Å². The van der Waals surface area contributed by atoms with E-state index in [4.69, 9.17) is 9.47 Å². The lowest BCUT2D eigenvalue weighted by Gasteiger charge is -2.09. The summed E-state index contributed by atoms with van der Waals surface area (Å²) >= 11 is 3.32. The summed E-state index contributed by atoms with van der Waals surface area (Å²) in [5.41, 5.74) is 0.618. The first-order chi connectivity index (χ1) is 12.6. The van der Waals surface area contributed by atoms with Crippen molar-refractivity contribution in [1.29, 1.82) is 0 Å². The molecule has 26 heavy (non-hydrogen) atoms. The van der Waals surface area contributed by atoms with Crippen molar-refractivity contribution in [3.05, 3.63) is 71.2 Å². The summed E-state index contributed by atoms with van der Waals surface area (Å²) in [6.07, 6.45) is 0. The Bertz CT molecular complexity index is 942. The number of hydrogen-bond donors (Lipinski definition) is 1. The average molecular weight is 414 g/mol. The summed E-state index contributed by atoms with van der Waals surface area (Å²) in [5, 5.41) is 4.75. The fourth-order valence-electron chi connectivity index (χ4n) is 2.35. The second-order valence-electron chi connectivity index (χ2n) is 5.52. The number of esters is 1. The van der Waals surface area contributed by atoms with Crippen LogP contribution in [-0.2, 0) is 14.3 Å². The van der Waals surface area contributed by atoms with Crippen LogP contribution >= 0.6 is 15.9 Å². The van der Waals surface area contributed by atoms with E-state index in [0.29, 0.717) is 11.4 Å². The van der Waals surface area contributed by atoms with Crippen molar-refractivity contribution in [2.75, 3.05) is 18.5 Å². The van der Waals surface area contributed by atoms with Gasteiger partial charge >= 0.3 is 5.97 Å². The van der Waals surface area contributed by atoms with Crippen molar-refractivity contribution in [2.24, 2.45) is 0 Å². The Morgan fingerprint density at radius 1 is 0.885 bits per heavy atom. The third-order valence-electron chi connectivity index (χ3n) is 3.55. The molecule has 132 valence electrons. The van der Waals surface area contributed by atoms with Crippen LogP contribution in [0.25, 0.3) is 10.8 Å². The summed E-state index contributed by atoms with van der Waals surface area (Å²) in [7, 11) is 0. The summed E-state index contributed by atoms with van der Waals surface area (Å²) in [5.74, 6) is -0.455. The number of carbonyl (C=O) groups excluding carboxylic acids is 2. The number of nitrogens with one attached hydrogen (secondary N) is 1. The molecule has 1 amide bonds. The van der Waals surface area contributed by atoms with Crippen molar-refractivity contribution in [2.45, 2.75) is 0 Å². The molecule has 0 aromatic heterocycles.